The largest absolute Gasteiger partial charge is 0.478 e. The number of carbonyl (C=O) groups is 1. The van der Waals surface area contributed by atoms with Crippen molar-refractivity contribution in [2.45, 2.75) is 17.9 Å². The number of rotatable bonds is 5. The van der Waals surface area contributed by atoms with Crippen LogP contribution >= 0.6 is 15.9 Å². The SMILES string of the molecule is C[C@H](CO)NS(=O)(=O)c1ccc(Br)c(C(=O)O)c1. The third-order valence-corrected chi connectivity index (χ3v) is 4.39. The van der Waals surface area contributed by atoms with Crippen molar-refractivity contribution < 1.29 is 23.4 Å². The topological polar surface area (TPSA) is 104 Å². The molecule has 0 unspecified atom stereocenters. The Bertz CT molecular complexity index is 557. The molecule has 1 rings (SSSR count). The molecule has 6 nitrogen and oxygen atoms in total. The molecule has 8 heteroatoms. The molecule has 0 fully saturated rings. The molecule has 0 aliphatic heterocycles. The van der Waals surface area contributed by atoms with Crippen LogP contribution in [0.1, 0.15) is 17.3 Å². The number of nitrogens with one attached hydrogen (secondary N) is 1. The summed E-state index contributed by atoms with van der Waals surface area (Å²) in [4.78, 5) is 10.7. The minimum Gasteiger partial charge on any atom is -0.478 e. The summed E-state index contributed by atoms with van der Waals surface area (Å²) < 4.78 is 26.2. The van der Waals surface area contributed by atoms with Crippen LogP contribution in [-0.4, -0.2) is 37.2 Å². The van der Waals surface area contributed by atoms with Gasteiger partial charge in [-0.1, -0.05) is 0 Å². The summed E-state index contributed by atoms with van der Waals surface area (Å²) in [5, 5.41) is 17.7. The standard InChI is InChI=1S/C10H12BrNO5S/c1-6(5-13)12-18(16,17)7-2-3-9(11)8(4-7)10(14)15/h2-4,6,12-13H,5H2,1H3,(H,14,15)/t6-/m1/s1. The zero-order valence-electron chi connectivity index (χ0n) is 9.42. The van der Waals surface area contributed by atoms with Crippen LogP contribution in [0.5, 0.6) is 0 Å². The Morgan fingerprint density at radius 2 is 2.11 bits per heavy atom. The average molecular weight is 338 g/mol. The molecule has 1 aromatic carbocycles. The summed E-state index contributed by atoms with van der Waals surface area (Å²) in [6.45, 7) is 1.15. The average Bonchev–Trinajstić information content (AvgIpc) is 2.28. The highest BCUT2D eigenvalue weighted by Gasteiger charge is 2.19. The van der Waals surface area contributed by atoms with Crippen LogP contribution in [0.15, 0.2) is 27.6 Å². The Morgan fingerprint density at radius 3 is 2.61 bits per heavy atom. The van der Waals surface area contributed by atoms with Gasteiger partial charge in [0.1, 0.15) is 0 Å². The number of halogens is 1. The lowest BCUT2D eigenvalue weighted by molar-refractivity contribution is 0.0695. The lowest BCUT2D eigenvalue weighted by Crippen LogP contribution is -2.35. The number of benzene rings is 1. The first-order chi connectivity index (χ1) is 8.27. The van der Waals surface area contributed by atoms with Gasteiger partial charge in [-0.2, -0.15) is 0 Å². The second-order valence-corrected chi connectivity index (χ2v) is 6.22. The smallest absolute Gasteiger partial charge is 0.336 e. The minimum absolute atomic E-state index is 0.144. The molecule has 0 saturated carbocycles. The summed E-state index contributed by atoms with van der Waals surface area (Å²) in [7, 11) is -3.84. The molecule has 0 saturated heterocycles. The van der Waals surface area contributed by atoms with Gasteiger partial charge in [-0.3, -0.25) is 0 Å². The Hall–Kier alpha value is -0.960. The van der Waals surface area contributed by atoms with Gasteiger partial charge in [0.05, 0.1) is 17.1 Å². The quantitative estimate of drug-likeness (QED) is 0.737. The van der Waals surface area contributed by atoms with E-state index in [2.05, 4.69) is 20.7 Å². The van der Waals surface area contributed by atoms with Crippen molar-refractivity contribution >= 4 is 31.9 Å². The van der Waals surface area contributed by atoms with E-state index in [1.165, 1.54) is 19.1 Å². The maximum atomic E-state index is 11.9. The predicted molar refractivity (Wildman–Crippen MR) is 68.0 cm³/mol. The first-order valence-corrected chi connectivity index (χ1v) is 7.21. The summed E-state index contributed by atoms with van der Waals surface area (Å²) in [6, 6.07) is 3.04. The van der Waals surface area contributed by atoms with E-state index in [9.17, 15) is 13.2 Å². The Morgan fingerprint density at radius 1 is 1.50 bits per heavy atom. The minimum atomic E-state index is -3.84. The van der Waals surface area contributed by atoms with Crippen molar-refractivity contribution in [2.75, 3.05) is 6.61 Å². The van der Waals surface area contributed by atoms with E-state index in [0.29, 0.717) is 4.47 Å². The van der Waals surface area contributed by atoms with Crippen LogP contribution in [0, 0.1) is 0 Å². The molecular formula is C10H12BrNO5S. The van der Waals surface area contributed by atoms with Crippen molar-refractivity contribution in [3.05, 3.63) is 28.2 Å². The highest BCUT2D eigenvalue weighted by Crippen LogP contribution is 2.21. The molecule has 1 atom stereocenters. The third kappa shape index (κ3) is 3.52. The number of aliphatic hydroxyl groups excluding tert-OH is 1. The third-order valence-electron chi connectivity index (χ3n) is 2.11. The summed E-state index contributed by atoms with van der Waals surface area (Å²) in [5.41, 5.74) is -0.144. The van der Waals surface area contributed by atoms with Gasteiger partial charge in [-0.05, 0) is 41.1 Å². The number of hydrogen-bond acceptors (Lipinski definition) is 4. The highest BCUT2D eigenvalue weighted by molar-refractivity contribution is 9.10. The molecule has 0 aliphatic carbocycles. The van der Waals surface area contributed by atoms with E-state index in [0.717, 1.165) is 6.07 Å². The molecule has 0 heterocycles. The van der Waals surface area contributed by atoms with E-state index in [-0.39, 0.29) is 17.1 Å². The summed E-state index contributed by atoms with van der Waals surface area (Å²) in [6.07, 6.45) is 0. The van der Waals surface area contributed by atoms with Crippen molar-refractivity contribution in [2.24, 2.45) is 0 Å². The summed E-state index contributed by atoms with van der Waals surface area (Å²) in [5.74, 6) is -1.23. The maximum absolute atomic E-state index is 11.9. The van der Waals surface area contributed by atoms with Gasteiger partial charge < -0.3 is 10.2 Å². The molecule has 18 heavy (non-hydrogen) atoms. The molecule has 0 aromatic heterocycles. The van der Waals surface area contributed by atoms with E-state index in [4.69, 9.17) is 10.2 Å². The molecule has 1 aromatic rings. The Kier molecular flexibility index (Phi) is 4.85. The van der Waals surface area contributed by atoms with Crippen LogP contribution in [0.3, 0.4) is 0 Å². The first kappa shape index (κ1) is 15.1. The van der Waals surface area contributed by atoms with E-state index in [1.54, 1.807) is 0 Å². The van der Waals surface area contributed by atoms with Crippen LogP contribution in [0.2, 0.25) is 0 Å². The van der Waals surface area contributed by atoms with Crippen molar-refractivity contribution in [1.29, 1.82) is 0 Å². The fourth-order valence-corrected chi connectivity index (χ4v) is 2.88. The number of sulfonamides is 1. The van der Waals surface area contributed by atoms with Gasteiger partial charge in [0, 0.05) is 10.5 Å². The van der Waals surface area contributed by atoms with E-state index < -0.39 is 22.0 Å². The monoisotopic (exact) mass is 337 g/mol. The van der Waals surface area contributed by atoms with E-state index >= 15 is 0 Å². The molecule has 0 amide bonds. The Balaban J connectivity index is 3.18. The van der Waals surface area contributed by atoms with E-state index in [1.807, 2.05) is 0 Å². The lowest BCUT2D eigenvalue weighted by atomic mass is 10.2. The molecule has 0 radical (unpaired) electrons. The Labute approximate surface area is 113 Å². The maximum Gasteiger partial charge on any atom is 0.336 e. The molecule has 3 N–H and O–H groups in total. The molecule has 0 spiro atoms. The van der Waals surface area contributed by atoms with Gasteiger partial charge in [-0.25, -0.2) is 17.9 Å². The zero-order chi connectivity index (χ0) is 13.9. The predicted octanol–water partition coefficient (Wildman–Crippen LogP) is 0.806. The van der Waals surface area contributed by atoms with Gasteiger partial charge >= 0.3 is 5.97 Å². The molecule has 0 bridgehead atoms. The summed E-state index contributed by atoms with van der Waals surface area (Å²) >= 11 is 3.03. The second-order valence-electron chi connectivity index (χ2n) is 3.65. The fraction of sp³-hybridized carbons (Fsp3) is 0.300. The molecule has 0 aliphatic rings. The molecular weight excluding hydrogens is 326 g/mol. The number of aliphatic hydroxyl groups is 1. The molecule has 100 valence electrons. The fourth-order valence-electron chi connectivity index (χ4n) is 1.21. The van der Waals surface area contributed by atoms with Crippen LogP contribution in [-0.2, 0) is 10.0 Å². The zero-order valence-corrected chi connectivity index (χ0v) is 11.8. The van der Waals surface area contributed by atoms with Crippen molar-refractivity contribution in [3.8, 4) is 0 Å². The highest BCUT2D eigenvalue weighted by atomic mass is 79.9. The number of aromatic carboxylic acids is 1. The van der Waals surface area contributed by atoms with Crippen LogP contribution < -0.4 is 4.72 Å². The van der Waals surface area contributed by atoms with Crippen molar-refractivity contribution in [3.63, 3.8) is 0 Å². The van der Waals surface area contributed by atoms with Gasteiger partial charge in [0.15, 0.2) is 0 Å². The van der Waals surface area contributed by atoms with Gasteiger partial charge in [0.25, 0.3) is 0 Å². The van der Waals surface area contributed by atoms with Crippen LogP contribution in [0.25, 0.3) is 0 Å². The first-order valence-electron chi connectivity index (χ1n) is 4.94. The number of hydrogen-bond donors (Lipinski definition) is 3. The second kappa shape index (κ2) is 5.79. The number of carboxylic acid groups (broad SMARTS) is 1. The van der Waals surface area contributed by atoms with Gasteiger partial charge in [0.2, 0.25) is 10.0 Å². The van der Waals surface area contributed by atoms with Gasteiger partial charge in [-0.15, -0.1) is 0 Å². The number of carboxylic acids is 1. The normalized spacial score (nSPS) is 13.3. The van der Waals surface area contributed by atoms with Crippen molar-refractivity contribution in [1.82, 2.24) is 4.72 Å². The lowest BCUT2D eigenvalue weighted by Gasteiger charge is -2.12. The van der Waals surface area contributed by atoms with Crippen LogP contribution in [0.4, 0.5) is 0 Å².